The van der Waals surface area contributed by atoms with Crippen molar-refractivity contribution in [3.05, 3.63) is 35.9 Å². The first-order chi connectivity index (χ1) is 9.47. The molecule has 0 spiro atoms. The summed E-state index contributed by atoms with van der Waals surface area (Å²) in [5.41, 5.74) is 1.27. The Morgan fingerprint density at radius 1 is 1.10 bits per heavy atom. The average Bonchev–Trinajstić information content (AvgIpc) is 2.39. The van der Waals surface area contributed by atoms with Crippen LogP contribution in [0.1, 0.15) is 19.4 Å². The minimum atomic E-state index is -3.32. The Hall–Kier alpha value is -0.950. The van der Waals surface area contributed by atoms with Crippen molar-refractivity contribution < 1.29 is 8.42 Å². The minimum Gasteiger partial charge on any atom is -0.296 e. The second-order valence-electron chi connectivity index (χ2n) is 5.44. The van der Waals surface area contributed by atoms with Crippen molar-refractivity contribution >= 4 is 10.2 Å². The summed E-state index contributed by atoms with van der Waals surface area (Å²) in [6, 6.07) is 10.2. The van der Waals surface area contributed by atoms with Gasteiger partial charge in [0.1, 0.15) is 0 Å². The van der Waals surface area contributed by atoms with Crippen LogP contribution < -0.4 is 4.72 Å². The van der Waals surface area contributed by atoms with Crippen LogP contribution in [-0.2, 0) is 16.8 Å². The molecule has 20 heavy (non-hydrogen) atoms. The highest BCUT2D eigenvalue weighted by Crippen LogP contribution is 2.10. The number of rotatable bonds is 5. The molecule has 1 heterocycles. The molecule has 1 saturated heterocycles. The van der Waals surface area contributed by atoms with Crippen molar-refractivity contribution in [2.75, 3.05) is 26.2 Å². The molecule has 0 bridgehead atoms. The Morgan fingerprint density at radius 2 is 1.70 bits per heavy atom. The van der Waals surface area contributed by atoms with Gasteiger partial charge in [-0.3, -0.25) is 4.90 Å². The minimum absolute atomic E-state index is 0.0673. The van der Waals surface area contributed by atoms with Gasteiger partial charge in [0.2, 0.25) is 0 Å². The van der Waals surface area contributed by atoms with Crippen LogP contribution in [0.25, 0.3) is 0 Å². The van der Waals surface area contributed by atoms with Crippen molar-refractivity contribution in [1.82, 2.24) is 13.9 Å². The van der Waals surface area contributed by atoms with Gasteiger partial charge in [-0.2, -0.15) is 17.4 Å². The standard InChI is InChI=1S/C14H23N3O2S/c1-13(2)15-20(18,19)17-10-8-16(9-11-17)12-14-6-4-3-5-7-14/h3-7,13,15H,8-12H2,1-2H3. The molecule has 1 aliphatic heterocycles. The van der Waals surface area contributed by atoms with E-state index >= 15 is 0 Å². The van der Waals surface area contributed by atoms with E-state index in [1.807, 2.05) is 32.0 Å². The molecular weight excluding hydrogens is 274 g/mol. The van der Waals surface area contributed by atoms with E-state index in [0.717, 1.165) is 19.6 Å². The molecular formula is C14H23N3O2S. The van der Waals surface area contributed by atoms with E-state index in [1.54, 1.807) is 0 Å². The fourth-order valence-corrected chi connectivity index (χ4v) is 3.73. The molecule has 5 nitrogen and oxygen atoms in total. The average molecular weight is 297 g/mol. The Morgan fingerprint density at radius 3 is 2.25 bits per heavy atom. The lowest BCUT2D eigenvalue weighted by Gasteiger charge is -2.34. The normalized spacial score (nSPS) is 18.6. The predicted octanol–water partition coefficient (Wildman–Crippen LogP) is 1.05. The molecule has 0 atom stereocenters. The van der Waals surface area contributed by atoms with Crippen molar-refractivity contribution in [2.45, 2.75) is 26.4 Å². The van der Waals surface area contributed by atoms with E-state index in [-0.39, 0.29) is 6.04 Å². The van der Waals surface area contributed by atoms with Crippen LogP contribution in [0.5, 0.6) is 0 Å². The molecule has 0 saturated carbocycles. The van der Waals surface area contributed by atoms with Gasteiger partial charge in [0.05, 0.1) is 0 Å². The lowest BCUT2D eigenvalue weighted by atomic mass is 10.2. The Bertz CT molecular complexity index is 508. The summed E-state index contributed by atoms with van der Waals surface area (Å²) in [7, 11) is -3.32. The maximum absolute atomic E-state index is 12.1. The third-order valence-electron chi connectivity index (χ3n) is 3.30. The Balaban J connectivity index is 1.86. The van der Waals surface area contributed by atoms with Crippen LogP contribution in [0.4, 0.5) is 0 Å². The third-order valence-corrected chi connectivity index (χ3v) is 5.12. The van der Waals surface area contributed by atoms with Crippen molar-refractivity contribution in [3.63, 3.8) is 0 Å². The monoisotopic (exact) mass is 297 g/mol. The van der Waals surface area contributed by atoms with Gasteiger partial charge in [-0.15, -0.1) is 0 Å². The van der Waals surface area contributed by atoms with E-state index in [2.05, 4.69) is 21.8 Å². The molecule has 0 aliphatic carbocycles. The number of nitrogens with one attached hydrogen (secondary N) is 1. The van der Waals surface area contributed by atoms with E-state index in [9.17, 15) is 8.42 Å². The largest absolute Gasteiger partial charge is 0.296 e. The molecule has 1 fully saturated rings. The first-order valence-corrected chi connectivity index (χ1v) is 8.45. The molecule has 0 aromatic heterocycles. The number of hydrogen-bond acceptors (Lipinski definition) is 3. The van der Waals surface area contributed by atoms with E-state index in [0.29, 0.717) is 13.1 Å². The van der Waals surface area contributed by atoms with Crippen LogP contribution in [0.2, 0.25) is 0 Å². The second-order valence-corrected chi connectivity index (χ2v) is 7.14. The molecule has 0 radical (unpaired) electrons. The summed E-state index contributed by atoms with van der Waals surface area (Å²) in [6.45, 7) is 7.20. The van der Waals surface area contributed by atoms with Crippen LogP contribution in [0.3, 0.4) is 0 Å². The molecule has 6 heteroatoms. The van der Waals surface area contributed by atoms with Crippen molar-refractivity contribution in [1.29, 1.82) is 0 Å². The zero-order valence-corrected chi connectivity index (χ0v) is 12.9. The summed E-state index contributed by atoms with van der Waals surface area (Å²) in [5, 5.41) is 0. The summed E-state index contributed by atoms with van der Waals surface area (Å²) in [5.74, 6) is 0. The van der Waals surface area contributed by atoms with Crippen LogP contribution in [0.15, 0.2) is 30.3 Å². The van der Waals surface area contributed by atoms with Gasteiger partial charge < -0.3 is 0 Å². The lowest BCUT2D eigenvalue weighted by molar-refractivity contribution is 0.180. The van der Waals surface area contributed by atoms with Crippen molar-refractivity contribution in [3.8, 4) is 0 Å². The molecule has 112 valence electrons. The zero-order valence-electron chi connectivity index (χ0n) is 12.1. The fourth-order valence-electron chi connectivity index (χ4n) is 2.34. The highest BCUT2D eigenvalue weighted by atomic mass is 32.2. The summed E-state index contributed by atoms with van der Waals surface area (Å²) < 4.78 is 28.3. The van der Waals surface area contributed by atoms with Gasteiger partial charge in [-0.25, -0.2) is 0 Å². The Kier molecular flexibility index (Phi) is 5.15. The first-order valence-electron chi connectivity index (χ1n) is 7.01. The second kappa shape index (κ2) is 6.67. The Labute approximate surface area is 121 Å². The van der Waals surface area contributed by atoms with Crippen LogP contribution in [0, 0.1) is 0 Å². The molecule has 1 aromatic carbocycles. The quantitative estimate of drug-likeness (QED) is 0.884. The predicted molar refractivity (Wildman–Crippen MR) is 80.5 cm³/mol. The van der Waals surface area contributed by atoms with E-state index < -0.39 is 10.2 Å². The van der Waals surface area contributed by atoms with Gasteiger partial charge in [0.15, 0.2) is 0 Å². The van der Waals surface area contributed by atoms with Gasteiger partial charge in [-0.1, -0.05) is 30.3 Å². The van der Waals surface area contributed by atoms with Crippen LogP contribution in [-0.4, -0.2) is 49.8 Å². The number of piperazine rings is 1. The van der Waals surface area contributed by atoms with Gasteiger partial charge >= 0.3 is 0 Å². The van der Waals surface area contributed by atoms with Gasteiger partial charge in [0, 0.05) is 38.8 Å². The summed E-state index contributed by atoms with van der Waals surface area (Å²) in [6.07, 6.45) is 0. The fraction of sp³-hybridized carbons (Fsp3) is 0.571. The topological polar surface area (TPSA) is 52.7 Å². The molecule has 1 aromatic rings. The molecule has 2 rings (SSSR count). The highest BCUT2D eigenvalue weighted by molar-refractivity contribution is 7.87. The smallest absolute Gasteiger partial charge is 0.279 e. The highest BCUT2D eigenvalue weighted by Gasteiger charge is 2.27. The molecule has 0 unspecified atom stereocenters. The number of hydrogen-bond donors (Lipinski definition) is 1. The first kappa shape index (κ1) is 15.4. The molecule has 1 aliphatic rings. The van der Waals surface area contributed by atoms with Gasteiger partial charge in [-0.05, 0) is 19.4 Å². The third kappa shape index (κ3) is 4.28. The summed E-state index contributed by atoms with van der Waals surface area (Å²) in [4.78, 5) is 2.29. The number of benzene rings is 1. The maximum Gasteiger partial charge on any atom is 0.279 e. The van der Waals surface area contributed by atoms with E-state index in [4.69, 9.17) is 0 Å². The molecule has 0 amide bonds. The lowest BCUT2D eigenvalue weighted by Crippen LogP contribution is -2.52. The SMILES string of the molecule is CC(C)NS(=O)(=O)N1CCN(Cc2ccccc2)CC1. The van der Waals surface area contributed by atoms with Gasteiger partial charge in [0.25, 0.3) is 10.2 Å². The van der Waals surface area contributed by atoms with Crippen molar-refractivity contribution in [2.24, 2.45) is 0 Å². The molecule has 1 N–H and O–H groups in total. The maximum atomic E-state index is 12.1. The van der Waals surface area contributed by atoms with Crippen LogP contribution >= 0.6 is 0 Å². The van der Waals surface area contributed by atoms with E-state index in [1.165, 1.54) is 9.87 Å². The number of nitrogens with zero attached hydrogens (tertiary/aromatic N) is 2. The summed E-state index contributed by atoms with van der Waals surface area (Å²) >= 11 is 0. The zero-order chi connectivity index (χ0) is 14.6.